The Labute approximate surface area is 123 Å². The van der Waals surface area contributed by atoms with Gasteiger partial charge in [-0.3, -0.25) is 5.43 Å². The van der Waals surface area contributed by atoms with Crippen LogP contribution in [0.1, 0.15) is 5.56 Å². The minimum absolute atomic E-state index is 0.275. The van der Waals surface area contributed by atoms with Crippen LogP contribution < -0.4 is 5.43 Å². The Morgan fingerprint density at radius 3 is 2.56 bits per heavy atom. The van der Waals surface area contributed by atoms with E-state index >= 15 is 0 Å². The Balaban J connectivity index is 2.10. The largest absolute Gasteiger partial charge is 0.279 e. The highest BCUT2D eigenvalue weighted by Gasteiger charge is 2.03. The van der Waals surface area contributed by atoms with Gasteiger partial charge in [0.1, 0.15) is 5.82 Å². The molecule has 0 bridgehead atoms. The lowest BCUT2D eigenvalue weighted by Gasteiger charge is -2.01. The number of nitrogens with zero attached hydrogens (tertiary/aromatic N) is 1. The number of anilines is 1. The third kappa shape index (κ3) is 3.43. The first-order valence-electron chi connectivity index (χ1n) is 5.15. The molecule has 0 aliphatic rings. The maximum atomic E-state index is 13.4. The summed E-state index contributed by atoms with van der Waals surface area (Å²) in [5.74, 6) is -0.393. The molecule has 2 rings (SSSR count). The molecule has 2 nitrogen and oxygen atoms in total. The number of nitrogens with one attached hydrogen (secondary N) is 1. The van der Waals surface area contributed by atoms with E-state index in [1.807, 2.05) is 24.3 Å². The lowest BCUT2D eigenvalue weighted by Crippen LogP contribution is -1.94. The summed E-state index contributed by atoms with van der Waals surface area (Å²) in [5.41, 5.74) is 3.92. The molecule has 0 atom stereocenters. The third-order valence-electron chi connectivity index (χ3n) is 2.23. The zero-order chi connectivity index (χ0) is 13.0. The van der Waals surface area contributed by atoms with Crippen molar-refractivity contribution < 1.29 is 4.39 Å². The van der Waals surface area contributed by atoms with Crippen LogP contribution in [0.3, 0.4) is 0 Å². The van der Waals surface area contributed by atoms with Crippen LogP contribution in [0.15, 0.2) is 47.6 Å². The van der Waals surface area contributed by atoms with E-state index in [0.29, 0.717) is 5.02 Å². The van der Waals surface area contributed by atoms with E-state index in [2.05, 4.69) is 33.1 Å². The van der Waals surface area contributed by atoms with Crippen LogP contribution >= 0.6 is 34.2 Å². The number of hydrogen-bond donors (Lipinski definition) is 1. The molecule has 0 unspecified atom stereocenters. The van der Waals surface area contributed by atoms with Gasteiger partial charge in [0.05, 0.1) is 16.9 Å². The van der Waals surface area contributed by atoms with Gasteiger partial charge in [-0.2, -0.15) is 5.10 Å². The zero-order valence-electron chi connectivity index (χ0n) is 9.20. The summed E-state index contributed by atoms with van der Waals surface area (Å²) < 4.78 is 14.6. The molecule has 0 aliphatic heterocycles. The first-order valence-corrected chi connectivity index (χ1v) is 6.61. The smallest absolute Gasteiger partial charge is 0.133 e. The fourth-order valence-corrected chi connectivity index (χ4v) is 1.90. The number of hydrazone groups is 1. The molecule has 0 aliphatic carbocycles. The molecule has 0 radical (unpaired) electrons. The van der Waals surface area contributed by atoms with Gasteiger partial charge < -0.3 is 0 Å². The van der Waals surface area contributed by atoms with Crippen LogP contribution in [0.4, 0.5) is 10.1 Å². The van der Waals surface area contributed by atoms with Gasteiger partial charge in [-0.05, 0) is 59.0 Å². The quantitative estimate of drug-likeness (QED) is 0.476. The van der Waals surface area contributed by atoms with Crippen LogP contribution in [0, 0.1) is 9.39 Å². The van der Waals surface area contributed by atoms with E-state index in [0.717, 1.165) is 9.26 Å². The zero-order valence-corrected chi connectivity index (χ0v) is 12.1. The third-order valence-corrected chi connectivity index (χ3v) is 3.28. The number of rotatable bonds is 3. The summed E-state index contributed by atoms with van der Waals surface area (Å²) in [6, 6.07) is 12.2. The predicted molar refractivity (Wildman–Crippen MR) is 81.8 cm³/mol. The topological polar surface area (TPSA) is 24.4 Å². The van der Waals surface area contributed by atoms with E-state index in [1.165, 1.54) is 12.3 Å². The molecule has 0 heterocycles. The maximum Gasteiger partial charge on any atom is 0.133 e. The summed E-state index contributed by atoms with van der Waals surface area (Å²) >= 11 is 8.09. The summed E-state index contributed by atoms with van der Waals surface area (Å²) in [6.45, 7) is 0. The SMILES string of the molecule is Fc1cccc(Cl)c1C=NNc1ccc(I)cc1. The highest BCUT2D eigenvalue weighted by atomic mass is 127. The van der Waals surface area contributed by atoms with Crippen molar-refractivity contribution in [3.05, 3.63) is 62.4 Å². The van der Waals surface area contributed by atoms with Crippen molar-refractivity contribution in [2.24, 2.45) is 5.10 Å². The lowest BCUT2D eigenvalue weighted by atomic mass is 10.2. The molecule has 18 heavy (non-hydrogen) atoms. The predicted octanol–water partition coefficient (Wildman–Crippen LogP) is 4.53. The van der Waals surface area contributed by atoms with Crippen LogP contribution in [-0.4, -0.2) is 6.21 Å². The van der Waals surface area contributed by atoms with E-state index in [4.69, 9.17) is 11.6 Å². The minimum Gasteiger partial charge on any atom is -0.279 e. The summed E-state index contributed by atoms with van der Waals surface area (Å²) in [6.07, 6.45) is 1.37. The van der Waals surface area contributed by atoms with Crippen molar-refractivity contribution >= 4 is 46.1 Å². The van der Waals surface area contributed by atoms with Gasteiger partial charge in [0.25, 0.3) is 0 Å². The molecule has 0 saturated heterocycles. The van der Waals surface area contributed by atoms with Gasteiger partial charge in [-0.15, -0.1) is 0 Å². The van der Waals surface area contributed by atoms with Crippen molar-refractivity contribution in [2.75, 3.05) is 5.43 Å². The fraction of sp³-hybridized carbons (Fsp3) is 0. The standard InChI is InChI=1S/C13H9ClFIN2/c14-12-2-1-3-13(15)11(12)8-17-18-10-6-4-9(16)5-7-10/h1-8,18H. The van der Waals surface area contributed by atoms with Gasteiger partial charge in [-0.1, -0.05) is 17.7 Å². The molecule has 0 fully saturated rings. The van der Waals surface area contributed by atoms with Gasteiger partial charge in [0, 0.05) is 9.13 Å². The van der Waals surface area contributed by atoms with Crippen LogP contribution in [-0.2, 0) is 0 Å². The van der Waals surface area contributed by atoms with Crippen LogP contribution in [0.25, 0.3) is 0 Å². The molecule has 0 amide bonds. The lowest BCUT2D eigenvalue weighted by molar-refractivity contribution is 0.626. The highest BCUT2D eigenvalue weighted by molar-refractivity contribution is 14.1. The average Bonchev–Trinajstić information content (AvgIpc) is 2.35. The van der Waals surface area contributed by atoms with E-state index in [9.17, 15) is 4.39 Å². The Morgan fingerprint density at radius 1 is 1.17 bits per heavy atom. The number of benzene rings is 2. The van der Waals surface area contributed by atoms with Crippen molar-refractivity contribution in [3.8, 4) is 0 Å². The minimum atomic E-state index is -0.393. The van der Waals surface area contributed by atoms with Crippen LogP contribution in [0.2, 0.25) is 5.02 Å². The molecule has 1 N–H and O–H groups in total. The van der Waals surface area contributed by atoms with Gasteiger partial charge in [-0.25, -0.2) is 4.39 Å². The highest BCUT2D eigenvalue weighted by Crippen LogP contribution is 2.17. The second kappa shape index (κ2) is 6.15. The van der Waals surface area contributed by atoms with Crippen molar-refractivity contribution in [3.63, 3.8) is 0 Å². The Morgan fingerprint density at radius 2 is 1.89 bits per heavy atom. The molecule has 0 saturated carbocycles. The first-order chi connectivity index (χ1) is 8.66. The normalized spacial score (nSPS) is 10.8. The van der Waals surface area contributed by atoms with E-state index in [-0.39, 0.29) is 5.56 Å². The maximum absolute atomic E-state index is 13.4. The summed E-state index contributed by atoms with van der Waals surface area (Å²) in [4.78, 5) is 0. The van der Waals surface area contributed by atoms with Crippen molar-refractivity contribution in [1.82, 2.24) is 0 Å². The monoisotopic (exact) mass is 374 g/mol. The van der Waals surface area contributed by atoms with Gasteiger partial charge in [0.2, 0.25) is 0 Å². The van der Waals surface area contributed by atoms with Crippen molar-refractivity contribution in [2.45, 2.75) is 0 Å². The molecule has 2 aromatic carbocycles. The molecule has 2 aromatic rings. The number of hydrogen-bond acceptors (Lipinski definition) is 2. The molecule has 92 valence electrons. The second-order valence-corrected chi connectivity index (χ2v) is 5.17. The first kappa shape index (κ1) is 13.3. The fourth-order valence-electron chi connectivity index (χ4n) is 1.33. The van der Waals surface area contributed by atoms with E-state index < -0.39 is 5.82 Å². The molecule has 5 heteroatoms. The Kier molecular flexibility index (Phi) is 4.54. The summed E-state index contributed by atoms with van der Waals surface area (Å²) in [7, 11) is 0. The molecule has 0 spiro atoms. The van der Waals surface area contributed by atoms with Gasteiger partial charge >= 0.3 is 0 Å². The molecule has 0 aromatic heterocycles. The number of halogens is 3. The summed E-state index contributed by atoms with van der Waals surface area (Å²) in [5, 5.41) is 4.30. The Hall–Kier alpha value is -1.14. The second-order valence-electron chi connectivity index (χ2n) is 3.51. The Bertz CT molecular complexity index is 549. The van der Waals surface area contributed by atoms with E-state index in [1.54, 1.807) is 12.1 Å². The van der Waals surface area contributed by atoms with Gasteiger partial charge in [0.15, 0.2) is 0 Å². The van der Waals surface area contributed by atoms with Crippen molar-refractivity contribution in [1.29, 1.82) is 0 Å². The van der Waals surface area contributed by atoms with Crippen LogP contribution in [0.5, 0.6) is 0 Å². The molecular weight excluding hydrogens is 366 g/mol. The molecular formula is C13H9ClFIN2. The average molecular weight is 375 g/mol.